The number of hydrogen-bond acceptors (Lipinski definition) is 2. The van der Waals surface area contributed by atoms with Crippen molar-refractivity contribution < 1.29 is 0 Å². The van der Waals surface area contributed by atoms with Crippen molar-refractivity contribution >= 4 is 66.4 Å². The van der Waals surface area contributed by atoms with Crippen LogP contribution in [-0.4, -0.2) is 0 Å². The first-order valence-corrected chi connectivity index (χ1v) is 26.0. The van der Waals surface area contributed by atoms with E-state index in [1.54, 1.807) is 0 Å². The third-order valence-corrected chi connectivity index (χ3v) is 16.0. The Bertz CT molecular complexity index is 4290. The summed E-state index contributed by atoms with van der Waals surface area (Å²) in [5.74, 6) is 0. The third-order valence-electron chi connectivity index (χ3n) is 16.0. The molecule has 0 radical (unpaired) electrons. The molecule has 0 bridgehead atoms. The Hall–Kier alpha value is -9.76. The molecule has 2 nitrogen and oxygen atoms in total. The van der Waals surface area contributed by atoms with Crippen LogP contribution in [0.5, 0.6) is 0 Å². The van der Waals surface area contributed by atoms with E-state index >= 15 is 0 Å². The molecule has 0 aromatic heterocycles. The van der Waals surface area contributed by atoms with Crippen molar-refractivity contribution in [2.75, 3.05) is 9.80 Å². The lowest BCUT2D eigenvalue weighted by molar-refractivity contribution is 0.795. The molecule has 0 saturated carbocycles. The highest BCUT2D eigenvalue weighted by Crippen LogP contribution is 2.64. The van der Waals surface area contributed by atoms with Gasteiger partial charge in [-0.1, -0.05) is 218 Å². The van der Waals surface area contributed by atoms with Crippen LogP contribution >= 0.6 is 0 Å². The van der Waals surface area contributed by atoms with Crippen LogP contribution in [0, 0.1) is 0 Å². The van der Waals surface area contributed by atoms with Crippen LogP contribution in [0.25, 0.3) is 76.8 Å². The highest BCUT2D eigenvalue weighted by Gasteiger charge is 2.52. The second-order valence-corrected chi connectivity index (χ2v) is 20.0. The highest BCUT2D eigenvalue weighted by molar-refractivity contribution is 6.05. The summed E-state index contributed by atoms with van der Waals surface area (Å²) in [6.07, 6.45) is 0. The molecule has 13 aromatic rings. The average molecular weight is 953 g/mol. The van der Waals surface area contributed by atoms with E-state index in [0.717, 1.165) is 34.1 Å². The van der Waals surface area contributed by atoms with Crippen molar-refractivity contribution in [2.45, 2.75) is 5.41 Å². The zero-order chi connectivity index (χ0) is 49.5. The van der Waals surface area contributed by atoms with Crippen LogP contribution in [0.4, 0.5) is 34.1 Å². The van der Waals surface area contributed by atoms with E-state index in [9.17, 15) is 0 Å². The molecule has 0 saturated heterocycles. The minimum Gasteiger partial charge on any atom is -0.310 e. The van der Waals surface area contributed by atoms with Crippen molar-refractivity contribution in [1.82, 2.24) is 0 Å². The van der Waals surface area contributed by atoms with Crippen molar-refractivity contribution in [3.63, 3.8) is 0 Å². The van der Waals surface area contributed by atoms with Gasteiger partial charge in [-0.15, -0.1) is 0 Å². The van der Waals surface area contributed by atoms with Crippen LogP contribution in [0.2, 0.25) is 0 Å². The van der Waals surface area contributed by atoms with Crippen molar-refractivity contribution in [2.24, 2.45) is 0 Å². The quantitative estimate of drug-likeness (QED) is 0.150. The Balaban J connectivity index is 0.945. The maximum atomic E-state index is 2.53. The van der Waals surface area contributed by atoms with Crippen LogP contribution in [0.1, 0.15) is 22.3 Å². The zero-order valence-corrected chi connectivity index (χ0v) is 41.1. The molecule has 1 spiro atoms. The standard InChI is InChI=1S/C73H48N2/c1-3-17-49(18-4-1)51-33-38-57(39-34-51)74(71-31-15-23-53-21-7-9-25-61(53)71)59-42-37-55-46-66-65-44-43-60(48-70(65)73(69(66)47-56(55)45-59)67-29-13-11-27-63(67)64-28-12-14-30-68(64)73)75(72-32-16-24-54-22-8-10-26-62(54)72)58-40-35-52(36-41-58)50-19-5-2-6-20-50/h1-48H. The Morgan fingerprint density at radius 2 is 0.627 bits per heavy atom. The molecule has 13 aromatic carbocycles. The molecule has 0 aliphatic heterocycles. The van der Waals surface area contributed by atoms with E-state index in [1.807, 2.05) is 0 Å². The van der Waals surface area contributed by atoms with E-state index in [4.69, 9.17) is 0 Å². The number of anilines is 6. The average Bonchev–Trinajstić information content (AvgIpc) is 4.06. The van der Waals surface area contributed by atoms with Crippen LogP contribution in [0.15, 0.2) is 291 Å². The van der Waals surface area contributed by atoms with Crippen molar-refractivity contribution in [3.8, 4) is 44.5 Å². The van der Waals surface area contributed by atoms with E-state index in [-0.39, 0.29) is 0 Å². The van der Waals surface area contributed by atoms with Gasteiger partial charge in [-0.2, -0.15) is 0 Å². The SMILES string of the molecule is c1ccc(-c2ccc(N(c3ccc4c(c3)C3(c5ccccc5-c5ccccc53)c3cc5cc(N(c6ccc(-c7ccccc7)cc6)c6cccc7ccccc67)ccc5cc3-4)c3cccc4ccccc34)cc2)cc1. The van der Waals surface area contributed by atoms with Crippen molar-refractivity contribution in [1.29, 1.82) is 0 Å². The Kier molecular flexibility index (Phi) is 9.83. The fraction of sp³-hybridized carbons (Fsp3) is 0.0137. The van der Waals surface area contributed by atoms with Crippen molar-refractivity contribution in [3.05, 3.63) is 313 Å². The topological polar surface area (TPSA) is 6.48 Å². The molecule has 350 valence electrons. The molecule has 0 heterocycles. The smallest absolute Gasteiger partial charge is 0.0726 e. The summed E-state index contributed by atoms with van der Waals surface area (Å²) in [5.41, 5.74) is 21.3. The lowest BCUT2D eigenvalue weighted by Crippen LogP contribution is -2.26. The summed E-state index contributed by atoms with van der Waals surface area (Å²) in [6, 6.07) is 108. The summed E-state index contributed by atoms with van der Waals surface area (Å²) >= 11 is 0. The summed E-state index contributed by atoms with van der Waals surface area (Å²) < 4.78 is 0. The van der Waals surface area contributed by atoms with Gasteiger partial charge in [0.25, 0.3) is 0 Å². The molecule has 2 aliphatic rings. The first-order valence-electron chi connectivity index (χ1n) is 26.0. The highest BCUT2D eigenvalue weighted by atomic mass is 15.1. The molecule has 2 aliphatic carbocycles. The molecule has 75 heavy (non-hydrogen) atoms. The Morgan fingerprint density at radius 1 is 0.213 bits per heavy atom. The number of nitrogens with zero attached hydrogens (tertiary/aromatic N) is 2. The first-order chi connectivity index (χ1) is 37.2. The molecular weight excluding hydrogens is 905 g/mol. The van der Waals surface area contributed by atoms with E-state index in [2.05, 4.69) is 301 Å². The van der Waals surface area contributed by atoms with Gasteiger partial charge in [0.05, 0.1) is 16.8 Å². The van der Waals surface area contributed by atoms with Gasteiger partial charge in [0.1, 0.15) is 0 Å². The molecule has 2 heteroatoms. The molecule has 0 atom stereocenters. The maximum Gasteiger partial charge on any atom is 0.0726 e. The fourth-order valence-corrected chi connectivity index (χ4v) is 12.7. The maximum absolute atomic E-state index is 2.53. The number of rotatable bonds is 8. The lowest BCUT2D eigenvalue weighted by Gasteiger charge is -2.32. The van der Waals surface area contributed by atoms with Crippen LogP contribution < -0.4 is 9.80 Å². The first kappa shape index (κ1) is 42.9. The van der Waals surface area contributed by atoms with Gasteiger partial charge in [-0.3, -0.25) is 0 Å². The number of fused-ring (bicyclic) bond motifs is 13. The number of benzene rings is 13. The van der Waals surface area contributed by atoms with Crippen LogP contribution in [-0.2, 0) is 5.41 Å². The summed E-state index contributed by atoms with van der Waals surface area (Å²) in [5, 5.41) is 7.23. The summed E-state index contributed by atoms with van der Waals surface area (Å²) in [4.78, 5) is 4.91. The normalized spacial score (nSPS) is 12.6. The molecule has 0 unspecified atom stereocenters. The van der Waals surface area contributed by atoms with Gasteiger partial charge in [-0.25, -0.2) is 0 Å². The zero-order valence-electron chi connectivity index (χ0n) is 41.1. The Labute approximate surface area is 437 Å². The monoisotopic (exact) mass is 952 g/mol. The fourth-order valence-electron chi connectivity index (χ4n) is 12.7. The minimum atomic E-state index is -0.581. The van der Waals surface area contributed by atoms with E-state index in [1.165, 1.54) is 99.1 Å². The molecular formula is C73H48N2. The Morgan fingerprint density at radius 3 is 1.19 bits per heavy atom. The van der Waals surface area contributed by atoms with Gasteiger partial charge in [0.15, 0.2) is 0 Å². The van der Waals surface area contributed by atoms with E-state index in [0.29, 0.717) is 0 Å². The summed E-state index contributed by atoms with van der Waals surface area (Å²) in [7, 11) is 0. The van der Waals surface area contributed by atoms with Gasteiger partial charge in [0, 0.05) is 33.5 Å². The summed E-state index contributed by atoms with van der Waals surface area (Å²) in [6.45, 7) is 0. The van der Waals surface area contributed by atoms with Gasteiger partial charge >= 0.3 is 0 Å². The minimum absolute atomic E-state index is 0.581. The molecule has 0 fully saturated rings. The van der Waals surface area contributed by atoms with Gasteiger partial charge < -0.3 is 9.80 Å². The molecule has 0 N–H and O–H groups in total. The predicted octanol–water partition coefficient (Wildman–Crippen LogP) is 19.8. The second kappa shape index (κ2) is 17.2. The number of hydrogen-bond donors (Lipinski definition) is 0. The predicted molar refractivity (Wildman–Crippen MR) is 315 cm³/mol. The second-order valence-electron chi connectivity index (χ2n) is 20.0. The van der Waals surface area contributed by atoms with Gasteiger partial charge in [0.2, 0.25) is 0 Å². The largest absolute Gasteiger partial charge is 0.310 e. The molecule has 15 rings (SSSR count). The van der Waals surface area contributed by atoms with Crippen LogP contribution in [0.3, 0.4) is 0 Å². The van der Waals surface area contributed by atoms with Gasteiger partial charge in [-0.05, 0) is 161 Å². The van der Waals surface area contributed by atoms with E-state index < -0.39 is 5.41 Å². The third kappa shape index (κ3) is 6.73. The lowest BCUT2D eigenvalue weighted by atomic mass is 9.70. The molecule has 0 amide bonds.